The summed E-state index contributed by atoms with van der Waals surface area (Å²) in [6.07, 6.45) is 0.502. The summed E-state index contributed by atoms with van der Waals surface area (Å²) in [6, 6.07) is 12.5. The molecular formula is C22H26BrClN2O3. The molecule has 0 spiro atoms. The Morgan fingerprint density at radius 2 is 1.97 bits per heavy atom. The van der Waals surface area contributed by atoms with Gasteiger partial charge in [-0.25, -0.2) is 0 Å². The van der Waals surface area contributed by atoms with E-state index in [1.807, 2.05) is 45.0 Å². The van der Waals surface area contributed by atoms with Crippen molar-refractivity contribution in [3.8, 4) is 5.75 Å². The Morgan fingerprint density at radius 3 is 2.59 bits per heavy atom. The van der Waals surface area contributed by atoms with E-state index in [0.717, 1.165) is 15.6 Å². The molecular weight excluding hydrogens is 456 g/mol. The largest absolute Gasteiger partial charge is 0.482 e. The van der Waals surface area contributed by atoms with Crippen molar-refractivity contribution in [2.75, 3.05) is 13.2 Å². The van der Waals surface area contributed by atoms with Gasteiger partial charge in [0.1, 0.15) is 11.8 Å². The standard InChI is InChI=1S/C22H26BrClN2O3/c1-4-19(22(28)25-5-2)26(13-16-8-6-7-15(3)11-16)21(27)14-29-20-10-9-17(23)12-18(20)24/h6-12,19H,4-5,13-14H2,1-3H3,(H,25,28)/t19-/m0/s1. The number of nitrogens with one attached hydrogen (secondary N) is 1. The van der Waals surface area contributed by atoms with E-state index in [0.29, 0.717) is 30.3 Å². The van der Waals surface area contributed by atoms with E-state index >= 15 is 0 Å². The van der Waals surface area contributed by atoms with Crippen molar-refractivity contribution >= 4 is 39.3 Å². The normalized spacial score (nSPS) is 11.6. The van der Waals surface area contributed by atoms with Crippen LogP contribution in [0.3, 0.4) is 0 Å². The Labute approximate surface area is 185 Å². The van der Waals surface area contributed by atoms with Crippen molar-refractivity contribution in [2.24, 2.45) is 0 Å². The number of carbonyl (C=O) groups is 2. The Hall–Kier alpha value is -2.05. The number of amides is 2. The maximum Gasteiger partial charge on any atom is 0.261 e. The monoisotopic (exact) mass is 480 g/mol. The number of benzene rings is 2. The zero-order chi connectivity index (χ0) is 21.4. The second kappa shape index (κ2) is 11.2. The third kappa shape index (κ3) is 6.75. The number of rotatable bonds is 9. The molecule has 156 valence electrons. The predicted octanol–water partition coefficient (Wildman–Crippen LogP) is 4.73. The Kier molecular flexibility index (Phi) is 8.99. The molecule has 0 unspecified atom stereocenters. The first-order chi connectivity index (χ1) is 13.8. The summed E-state index contributed by atoms with van der Waals surface area (Å²) in [5.41, 5.74) is 2.06. The molecule has 0 radical (unpaired) electrons. The van der Waals surface area contributed by atoms with Gasteiger partial charge < -0.3 is 15.0 Å². The molecule has 0 aliphatic carbocycles. The molecule has 0 bridgehead atoms. The van der Waals surface area contributed by atoms with E-state index in [9.17, 15) is 9.59 Å². The van der Waals surface area contributed by atoms with Crippen LogP contribution in [0.1, 0.15) is 31.4 Å². The van der Waals surface area contributed by atoms with Crippen molar-refractivity contribution < 1.29 is 14.3 Å². The lowest BCUT2D eigenvalue weighted by Gasteiger charge is -2.30. The van der Waals surface area contributed by atoms with Crippen molar-refractivity contribution in [1.82, 2.24) is 10.2 Å². The van der Waals surface area contributed by atoms with Gasteiger partial charge in [0.15, 0.2) is 6.61 Å². The number of hydrogen-bond acceptors (Lipinski definition) is 3. The third-order valence-corrected chi connectivity index (χ3v) is 5.21. The minimum atomic E-state index is -0.577. The zero-order valence-corrected chi connectivity index (χ0v) is 19.2. The molecule has 2 amide bonds. The van der Waals surface area contributed by atoms with Gasteiger partial charge in [-0.05, 0) is 44.0 Å². The highest BCUT2D eigenvalue weighted by atomic mass is 79.9. The molecule has 7 heteroatoms. The smallest absolute Gasteiger partial charge is 0.261 e. The molecule has 1 N–H and O–H groups in total. The molecule has 2 aromatic carbocycles. The van der Waals surface area contributed by atoms with Crippen LogP contribution in [0.2, 0.25) is 5.02 Å². The number of halogens is 2. The third-order valence-electron chi connectivity index (χ3n) is 4.42. The molecule has 0 aliphatic heterocycles. The molecule has 2 rings (SSSR count). The van der Waals surface area contributed by atoms with Crippen molar-refractivity contribution in [3.63, 3.8) is 0 Å². The van der Waals surface area contributed by atoms with Crippen molar-refractivity contribution in [2.45, 2.75) is 39.8 Å². The molecule has 0 fully saturated rings. The van der Waals surface area contributed by atoms with Crippen LogP contribution in [-0.2, 0) is 16.1 Å². The van der Waals surface area contributed by atoms with E-state index in [1.54, 1.807) is 23.1 Å². The van der Waals surface area contributed by atoms with Gasteiger partial charge in [0.05, 0.1) is 5.02 Å². The van der Waals surface area contributed by atoms with Crippen LogP contribution in [0.4, 0.5) is 0 Å². The summed E-state index contributed by atoms with van der Waals surface area (Å²) < 4.78 is 6.48. The maximum absolute atomic E-state index is 13.1. The number of nitrogens with zero attached hydrogens (tertiary/aromatic N) is 1. The van der Waals surface area contributed by atoms with Crippen molar-refractivity contribution in [1.29, 1.82) is 0 Å². The second-order valence-corrected chi connectivity index (χ2v) is 8.02. The van der Waals surface area contributed by atoms with Gasteiger partial charge >= 0.3 is 0 Å². The van der Waals surface area contributed by atoms with Crippen LogP contribution in [0.15, 0.2) is 46.9 Å². The number of carbonyl (C=O) groups excluding carboxylic acids is 2. The van der Waals surface area contributed by atoms with Gasteiger partial charge in [-0.2, -0.15) is 0 Å². The fourth-order valence-electron chi connectivity index (χ4n) is 3.03. The summed E-state index contributed by atoms with van der Waals surface area (Å²) in [7, 11) is 0. The van der Waals surface area contributed by atoms with Gasteiger partial charge in [-0.3, -0.25) is 9.59 Å². The molecule has 0 aromatic heterocycles. The first-order valence-corrected chi connectivity index (χ1v) is 10.7. The van der Waals surface area contributed by atoms with Gasteiger partial charge in [0, 0.05) is 17.6 Å². The van der Waals surface area contributed by atoms with Crippen LogP contribution in [0.5, 0.6) is 5.75 Å². The highest BCUT2D eigenvalue weighted by Crippen LogP contribution is 2.27. The maximum atomic E-state index is 13.1. The van der Waals surface area contributed by atoms with E-state index < -0.39 is 6.04 Å². The molecule has 2 aromatic rings. The van der Waals surface area contributed by atoms with Gasteiger partial charge in [-0.1, -0.05) is 64.3 Å². The van der Waals surface area contributed by atoms with Crippen molar-refractivity contribution in [3.05, 3.63) is 63.1 Å². The summed E-state index contributed by atoms with van der Waals surface area (Å²) in [4.78, 5) is 27.2. The number of aryl methyl sites for hydroxylation is 1. The lowest BCUT2D eigenvalue weighted by molar-refractivity contribution is -0.142. The topological polar surface area (TPSA) is 58.6 Å². The summed E-state index contributed by atoms with van der Waals surface area (Å²) in [6.45, 7) is 6.37. The minimum Gasteiger partial charge on any atom is -0.482 e. The molecule has 0 aliphatic rings. The molecule has 0 saturated carbocycles. The van der Waals surface area contributed by atoms with Crippen LogP contribution in [0.25, 0.3) is 0 Å². The lowest BCUT2D eigenvalue weighted by Crippen LogP contribution is -2.50. The molecule has 0 heterocycles. The predicted molar refractivity (Wildman–Crippen MR) is 119 cm³/mol. The SMILES string of the molecule is CCNC(=O)[C@H](CC)N(Cc1cccc(C)c1)C(=O)COc1ccc(Br)cc1Cl. The number of likely N-dealkylation sites (N-methyl/N-ethyl adjacent to an activating group) is 1. The van der Waals surface area contributed by atoms with Crippen LogP contribution < -0.4 is 10.1 Å². The van der Waals surface area contributed by atoms with Gasteiger partial charge in [0.2, 0.25) is 5.91 Å². The van der Waals surface area contributed by atoms with Crippen LogP contribution >= 0.6 is 27.5 Å². The van der Waals surface area contributed by atoms with E-state index in [1.165, 1.54) is 0 Å². The minimum absolute atomic E-state index is 0.169. The van der Waals surface area contributed by atoms with E-state index in [2.05, 4.69) is 21.2 Å². The first kappa shape index (κ1) is 23.2. The Balaban J connectivity index is 2.22. The molecule has 1 atom stereocenters. The second-order valence-electron chi connectivity index (χ2n) is 6.69. The highest BCUT2D eigenvalue weighted by molar-refractivity contribution is 9.10. The quantitative estimate of drug-likeness (QED) is 0.563. The highest BCUT2D eigenvalue weighted by Gasteiger charge is 2.28. The molecule has 0 saturated heterocycles. The van der Waals surface area contributed by atoms with E-state index in [-0.39, 0.29) is 18.4 Å². The van der Waals surface area contributed by atoms with Gasteiger partial charge in [-0.15, -0.1) is 0 Å². The number of hydrogen-bond donors (Lipinski definition) is 1. The average Bonchev–Trinajstić information content (AvgIpc) is 2.67. The lowest BCUT2D eigenvalue weighted by atomic mass is 10.1. The fourth-order valence-corrected chi connectivity index (χ4v) is 3.76. The van der Waals surface area contributed by atoms with Gasteiger partial charge in [0.25, 0.3) is 5.91 Å². The summed E-state index contributed by atoms with van der Waals surface area (Å²) in [5, 5.41) is 3.23. The fraction of sp³-hybridized carbons (Fsp3) is 0.364. The van der Waals surface area contributed by atoms with Crippen LogP contribution in [-0.4, -0.2) is 35.9 Å². The number of ether oxygens (including phenoxy) is 1. The average molecular weight is 482 g/mol. The molecule has 5 nitrogen and oxygen atoms in total. The summed E-state index contributed by atoms with van der Waals surface area (Å²) in [5.74, 6) is -0.0222. The van der Waals surface area contributed by atoms with E-state index in [4.69, 9.17) is 16.3 Å². The first-order valence-electron chi connectivity index (χ1n) is 9.56. The Morgan fingerprint density at radius 1 is 1.21 bits per heavy atom. The summed E-state index contributed by atoms with van der Waals surface area (Å²) >= 11 is 9.52. The van der Waals surface area contributed by atoms with Crippen LogP contribution in [0, 0.1) is 6.92 Å². The Bertz CT molecular complexity index is 860. The zero-order valence-electron chi connectivity index (χ0n) is 16.9. The molecule has 29 heavy (non-hydrogen) atoms.